The fourth-order valence-corrected chi connectivity index (χ4v) is 2.38. The van der Waals surface area contributed by atoms with Gasteiger partial charge in [-0.25, -0.2) is 9.37 Å². The summed E-state index contributed by atoms with van der Waals surface area (Å²) < 4.78 is 24.9. The van der Waals surface area contributed by atoms with E-state index in [0.29, 0.717) is 21.6 Å². The summed E-state index contributed by atoms with van der Waals surface area (Å²) in [4.78, 5) is 8.46. The molecular formula is C14H15BrFN3O2. The molecule has 1 N–H and O–H groups in total. The van der Waals surface area contributed by atoms with Crippen molar-refractivity contribution < 1.29 is 13.9 Å². The van der Waals surface area contributed by atoms with E-state index in [-0.39, 0.29) is 11.7 Å². The van der Waals surface area contributed by atoms with Crippen LogP contribution in [0.25, 0.3) is 0 Å². The van der Waals surface area contributed by atoms with E-state index in [4.69, 9.17) is 9.47 Å². The van der Waals surface area contributed by atoms with Gasteiger partial charge < -0.3 is 14.8 Å². The maximum atomic E-state index is 14.3. The number of hydrogen-bond donors (Lipinski definition) is 1. The second-order valence-electron chi connectivity index (χ2n) is 4.17. The summed E-state index contributed by atoms with van der Waals surface area (Å²) in [6, 6.07) is 4.60. The standard InChI is InChI=1S/C14H15BrFN3O2/c1-17-12(8-5-4-6-9(15)11(8)16)13-14(21-3)19-10(20-2)7-18-13/h4-7,12,17H,1-3H3. The molecule has 0 saturated carbocycles. The van der Waals surface area contributed by atoms with E-state index in [9.17, 15) is 4.39 Å². The van der Waals surface area contributed by atoms with Gasteiger partial charge in [-0.15, -0.1) is 0 Å². The zero-order valence-electron chi connectivity index (χ0n) is 11.9. The van der Waals surface area contributed by atoms with Gasteiger partial charge >= 0.3 is 0 Å². The number of nitrogens with one attached hydrogen (secondary N) is 1. The van der Waals surface area contributed by atoms with Crippen LogP contribution in [0.2, 0.25) is 0 Å². The molecule has 0 spiro atoms. The number of hydrogen-bond acceptors (Lipinski definition) is 5. The van der Waals surface area contributed by atoms with E-state index in [1.165, 1.54) is 20.4 Å². The molecule has 7 heteroatoms. The zero-order chi connectivity index (χ0) is 15.4. The van der Waals surface area contributed by atoms with Crippen molar-refractivity contribution in [2.45, 2.75) is 6.04 Å². The number of benzene rings is 1. The highest BCUT2D eigenvalue weighted by atomic mass is 79.9. The molecule has 1 atom stereocenters. The largest absolute Gasteiger partial charge is 0.480 e. The van der Waals surface area contributed by atoms with Crippen molar-refractivity contribution in [1.82, 2.24) is 15.3 Å². The monoisotopic (exact) mass is 355 g/mol. The predicted octanol–water partition coefficient (Wildman–Crippen LogP) is 2.70. The third-order valence-corrected chi connectivity index (χ3v) is 3.61. The van der Waals surface area contributed by atoms with Crippen LogP contribution in [-0.2, 0) is 0 Å². The van der Waals surface area contributed by atoms with E-state index < -0.39 is 6.04 Å². The number of nitrogens with zero attached hydrogens (tertiary/aromatic N) is 2. The molecule has 2 rings (SSSR count). The fourth-order valence-electron chi connectivity index (χ4n) is 2.00. The third kappa shape index (κ3) is 3.14. The lowest BCUT2D eigenvalue weighted by Crippen LogP contribution is -2.21. The van der Waals surface area contributed by atoms with Gasteiger partial charge in [0.25, 0.3) is 0 Å². The van der Waals surface area contributed by atoms with E-state index >= 15 is 0 Å². The molecule has 1 heterocycles. The van der Waals surface area contributed by atoms with Gasteiger partial charge in [0.1, 0.15) is 11.5 Å². The molecule has 21 heavy (non-hydrogen) atoms. The molecule has 0 saturated heterocycles. The van der Waals surface area contributed by atoms with Gasteiger partial charge in [0.2, 0.25) is 11.8 Å². The molecular weight excluding hydrogens is 341 g/mol. The highest BCUT2D eigenvalue weighted by Crippen LogP contribution is 2.31. The molecule has 0 bridgehead atoms. The lowest BCUT2D eigenvalue weighted by molar-refractivity contribution is 0.353. The quantitative estimate of drug-likeness (QED) is 0.893. The van der Waals surface area contributed by atoms with Gasteiger partial charge in [-0.3, -0.25) is 0 Å². The lowest BCUT2D eigenvalue weighted by Gasteiger charge is -2.19. The molecule has 1 unspecified atom stereocenters. The zero-order valence-corrected chi connectivity index (χ0v) is 13.4. The molecule has 112 valence electrons. The van der Waals surface area contributed by atoms with E-state index in [1.807, 2.05) is 0 Å². The van der Waals surface area contributed by atoms with Gasteiger partial charge in [-0.05, 0) is 29.0 Å². The topological polar surface area (TPSA) is 56.3 Å². The second-order valence-corrected chi connectivity index (χ2v) is 5.03. The smallest absolute Gasteiger partial charge is 0.240 e. The Morgan fingerprint density at radius 3 is 2.67 bits per heavy atom. The SMILES string of the molecule is CNC(c1cccc(Br)c1F)c1ncc(OC)nc1OC. The number of aromatic nitrogens is 2. The molecule has 0 aliphatic rings. The van der Waals surface area contributed by atoms with Crippen molar-refractivity contribution in [3.05, 3.63) is 45.9 Å². The summed E-state index contributed by atoms with van der Waals surface area (Å²) in [5.74, 6) is 0.268. The van der Waals surface area contributed by atoms with E-state index in [1.54, 1.807) is 25.2 Å². The minimum atomic E-state index is -0.490. The Morgan fingerprint density at radius 1 is 1.29 bits per heavy atom. The minimum absolute atomic E-state index is 0.285. The normalized spacial score (nSPS) is 12.0. The van der Waals surface area contributed by atoms with Crippen molar-refractivity contribution in [2.75, 3.05) is 21.3 Å². The van der Waals surface area contributed by atoms with Crippen molar-refractivity contribution in [2.24, 2.45) is 0 Å². The Bertz CT molecular complexity index is 640. The Kier molecular flexibility index (Phi) is 5.08. The predicted molar refractivity (Wildman–Crippen MR) is 80.1 cm³/mol. The van der Waals surface area contributed by atoms with Crippen molar-refractivity contribution >= 4 is 15.9 Å². The highest BCUT2D eigenvalue weighted by molar-refractivity contribution is 9.10. The molecule has 2 aromatic rings. The van der Waals surface area contributed by atoms with Gasteiger partial charge in [-0.1, -0.05) is 12.1 Å². The first-order valence-electron chi connectivity index (χ1n) is 6.18. The van der Waals surface area contributed by atoms with Crippen LogP contribution in [0.3, 0.4) is 0 Å². The summed E-state index contributed by atoms with van der Waals surface area (Å²) >= 11 is 3.18. The van der Waals surface area contributed by atoms with Gasteiger partial charge in [-0.2, -0.15) is 4.98 Å². The molecule has 0 fully saturated rings. The number of halogens is 2. The van der Waals surface area contributed by atoms with Crippen LogP contribution in [0.5, 0.6) is 11.8 Å². The Labute approximate surface area is 130 Å². The molecule has 0 aliphatic carbocycles. The molecule has 0 radical (unpaired) electrons. The molecule has 1 aromatic heterocycles. The number of methoxy groups -OCH3 is 2. The van der Waals surface area contributed by atoms with Gasteiger partial charge in [0, 0.05) is 5.56 Å². The van der Waals surface area contributed by atoms with Crippen LogP contribution < -0.4 is 14.8 Å². The summed E-state index contributed by atoms with van der Waals surface area (Å²) in [7, 11) is 4.69. The van der Waals surface area contributed by atoms with Crippen molar-refractivity contribution in [1.29, 1.82) is 0 Å². The Morgan fingerprint density at radius 2 is 2.05 bits per heavy atom. The van der Waals surface area contributed by atoms with Gasteiger partial charge in [0.15, 0.2) is 0 Å². The third-order valence-electron chi connectivity index (χ3n) is 3.00. The number of rotatable bonds is 5. The highest BCUT2D eigenvalue weighted by Gasteiger charge is 2.23. The van der Waals surface area contributed by atoms with Gasteiger partial charge in [0.05, 0.1) is 30.9 Å². The van der Waals surface area contributed by atoms with Crippen LogP contribution in [-0.4, -0.2) is 31.2 Å². The average Bonchev–Trinajstić information content (AvgIpc) is 2.52. The van der Waals surface area contributed by atoms with Crippen LogP contribution in [0, 0.1) is 5.82 Å². The van der Waals surface area contributed by atoms with Crippen molar-refractivity contribution in [3.8, 4) is 11.8 Å². The van der Waals surface area contributed by atoms with E-state index in [2.05, 4.69) is 31.2 Å². The molecule has 0 aliphatic heterocycles. The van der Waals surface area contributed by atoms with Crippen LogP contribution in [0.1, 0.15) is 17.3 Å². The maximum Gasteiger partial charge on any atom is 0.240 e. The van der Waals surface area contributed by atoms with Crippen LogP contribution in [0.4, 0.5) is 4.39 Å². The summed E-state index contributed by atoms with van der Waals surface area (Å²) in [5, 5.41) is 3.03. The molecule has 5 nitrogen and oxygen atoms in total. The Hall–Kier alpha value is -1.73. The first kappa shape index (κ1) is 15.7. The average molecular weight is 356 g/mol. The summed E-state index contributed by atoms with van der Waals surface area (Å²) in [6.07, 6.45) is 1.47. The van der Waals surface area contributed by atoms with Crippen molar-refractivity contribution in [3.63, 3.8) is 0 Å². The van der Waals surface area contributed by atoms with E-state index in [0.717, 1.165) is 0 Å². The van der Waals surface area contributed by atoms with Crippen LogP contribution in [0.15, 0.2) is 28.9 Å². The summed E-state index contributed by atoms with van der Waals surface area (Å²) in [6.45, 7) is 0. The second kappa shape index (κ2) is 6.82. The minimum Gasteiger partial charge on any atom is -0.480 e. The van der Waals surface area contributed by atoms with Crippen LogP contribution >= 0.6 is 15.9 Å². The first-order chi connectivity index (χ1) is 10.1. The molecule has 0 amide bonds. The number of ether oxygens (including phenoxy) is 2. The lowest BCUT2D eigenvalue weighted by atomic mass is 10.0. The maximum absolute atomic E-state index is 14.3. The fraction of sp³-hybridized carbons (Fsp3) is 0.286. The Balaban J connectivity index is 2.53. The first-order valence-corrected chi connectivity index (χ1v) is 6.97. The summed E-state index contributed by atoms with van der Waals surface area (Å²) in [5.41, 5.74) is 0.933. The molecule has 1 aromatic carbocycles.